The van der Waals surface area contributed by atoms with E-state index < -0.39 is 0 Å². The number of hydrogen-bond acceptors (Lipinski definition) is 4. The van der Waals surface area contributed by atoms with Gasteiger partial charge in [0.2, 0.25) is 0 Å². The molecule has 0 radical (unpaired) electrons. The number of ether oxygens (including phenoxy) is 2. The molecule has 0 fully saturated rings. The molecule has 2 unspecified atom stereocenters. The molecule has 4 aromatic rings. The van der Waals surface area contributed by atoms with Crippen molar-refractivity contribution in [3.8, 4) is 11.5 Å². The molecule has 32 heavy (non-hydrogen) atoms. The lowest BCUT2D eigenvalue weighted by atomic mass is 9.92. The van der Waals surface area contributed by atoms with Gasteiger partial charge < -0.3 is 20.1 Å². The lowest BCUT2D eigenvalue weighted by Gasteiger charge is -2.31. The summed E-state index contributed by atoms with van der Waals surface area (Å²) >= 11 is 0. The molecule has 0 bridgehead atoms. The highest BCUT2D eigenvalue weighted by molar-refractivity contribution is 5.52. The van der Waals surface area contributed by atoms with Crippen LogP contribution in [0.25, 0.3) is 0 Å². The van der Waals surface area contributed by atoms with E-state index in [1.807, 2.05) is 60.7 Å². The average Bonchev–Trinajstić information content (AvgIpc) is 2.87. The maximum absolute atomic E-state index is 5.38. The zero-order valence-corrected chi connectivity index (χ0v) is 18.4. The Morgan fingerprint density at radius 2 is 0.812 bits per heavy atom. The molecule has 0 amide bonds. The Morgan fingerprint density at radius 3 is 1.12 bits per heavy atom. The summed E-state index contributed by atoms with van der Waals surface area (Å²) in [5.41, 5.74) is 4.42. The van der Waals surface area contributed by atoms with Crippen molar-refractivity contribution in [3.63, 3.8) is 0 Å². The second-order valence-corrected chi connectivity index (χ2v) is 7.52. The van der Waals surface area contributed by atoms with Crippen LogP contribution in [0.15, 0.2) is 109 Å². The summed E-state index contributed by atoms with van der Waals surface area (Å²) in [4.78, 5) is 0. The minimum absolute atomic E-state index is 0.0445. The van der Waals surface area contributed by atoms with Gasteiger partial charge in [-0.15, -0.1) is 0 Å². The molecule has 4 nitrogen and oxygen atoms in total. The van der Waals surface area contributed by atoms with Gasteiger partial charge in [-0.3, -0.25) is 0 Å². The lowest BCUT2D eigenvalue weighted by Crippen LogP contribution is -2.25. The monoisotopic (exact) mass is 424 g/mol. The van der Waals surface area contributed by atoms with Gasteiger partial charge in [0.15, 0.2) is 0 Å². The Hall–Kier alpha value is -3.92. The van der Waals surface area contributed by atoms with E-state index >= 15 is 0 Å². The van der Waals surface area contributed by atoms with Gasteiger partial charge in [-0.1, -0.05) is 60.7 Å². The van der Waals surface area contributed by atoms with E-state index in [1.165, 1.54) is 0 Å². The van der Waals surface area contributed by atoms with Crippen molar-refractivity contribution in [2.24, 2.45) is 0 Å². The van der Waals surface area contributed by atoms with Crippen LogP contribution < -0.4 is 20.1 Å². The summed E-state index contributed by atoms with van der Waals surface area (Å²) in [6.07, 6.45) is 0. The van der Waals surface area contributed by atoms with Crippen LogP contribution in [0.5, 0.6) is 11.5 Å². The molecule has 0 saturated heterocycles. The smallest absolute Gasteiger partial charge is 0.118 e. The maximum Gasteiger partial charge on any atom is 0.118 e. The van der Waals surface area contributed by atoms with E-state index in [-0.39, 0.29) is 12.1 Å². The second kappa shape index (κ2) is 10.4. The molecule has 0 aromatic heterocycles. The van der Waals surface area contributed by atoms with E-state index in [1.54, 1.807) is 14.2 Å². The zero-order chi connectivity index (χ0) is 22.2. The van der Waals surface area contributed by atoms with Gasteiger partial charge in [-0.05, 0) is 59.7 Å². The summed E-state index contributed by atoms with van der Waals surface area (Å²) in [6.45, 7) is 0. The van der Waals surface area contributed by atoms with Gasteiger partial charge in [0.05, 0.1) is 26.3 Å². The summed E-state index contributed by atoms with van der Waals surface area (Å²) < 4.78 is 10.8. The van der Waals surface area contributed by atoms with Crippen LogP contribution in [-0.2, 0) is 0 Å². The topological polar surface area (TPSA) is 42.5 Å². The fraction of sp³-hybridized carbons (Fsp3) is 0.143. The number of benzene rings is 4. The summed E-state index contributed by atoms with van der Waals surface area (Å²) in [6, 6.07) is 36.9. The van der Waals surface area contributed by atoms with Crippen LogP contribution in [0.2, 0.25) is 0 Å². The molecule has 0 saturated carbocycles. The van der Waals surface area contributed by atoms with Crippen LogP contribution >= 0.6 is 0 Å². The number of methoxy groups -OCH3 is 2. The zero-order valence-electron chi connectivity index (χ0n) is 18.4. The lowest BCUT2D eigenvalue weighted by molar-refractivity contribution is 0.414. The van der Waals surface area contributed by atoms with Gasteiger partial charge in [0.25, 0.3) is 0 Å². The first-order valence-electron chi connectivity index (χ1n) is 10.7. The third-order valence-corrected chi connectivity index (χ3v) is 5.48. The fourth-order valence-corrected chi connectivity index (χ4v) is 3.77. The van der Waals surface area contributed by atoms with Crippen molar-refractivity contribution in [2.45, 2.75) is 12.1 Å². The highest BCUT2D eigenvalue weighted by Gasteiger charge is 2.25. The number of anilines is 2. The molecular weight excluding hydrogens is 396 g/mol. The minimum atomic E-state index is -0.0445. The van der Waals surface area contributed by atoms with E-state index in [0.717, 1.165) is 34.0 Å². The standard InChI is InChI=1S/C28H28N2O2/c1-31-25-17-13-21(14-18-25)27(29-23-9-5-3-6-10-23)28(30-24-11-7-4-8-12-24)22-15-19-26(32-2)20-16-22/h3-20,27-30H,1-2H3. The van der Waals surface area contributed by atoms with Gasteiger partial charge in [-0.25, -0.2) is 0 Å². The van der Waals surface area contributed by atoms with Crippen LogP contribution in [0.4, 0.5) is 11.4 Å². The molecule has 0 heterocycles. The Balaban J connectivity index is 1.77. The molecule has 4 heteroatoms. The number of rotatable bonds is 9. The van der Waals surface area contributed by atoms with Crippen molar-refractivity contribution in [2.75, 3.05) is 24.9 Å². The van der Waals surface area contributed by atoms with Gasteiger partial charge >= 0.3 is 0 Å². The molecule has 0 aliphatic heterocycles. The first kappa shape index (κ1) is 21.3. The Kier molecular flexibility index (Phi) is 6.93. The third-order valence-electron chi connectivity index (χ3n) is 5.48. The fourth-order valence-electron chi connectivity index (χ4n) is 3.77. The van der Waals surface area contributed by atoms with Gasteiger partial charge in [0.1, 0.15) is 11.5 Å². The predicted molar refractivity (Wildman–Crippen MR) is 132 cm³/mol. The second-order valence-electron chi connectivity index (χ2n) is 7.52. The van der Waals surface area contributed by atoms with Crippen molar-refractivity contribution in [1.29, 1.82) is 0 Å². The largest absolute Gasteiger partial charge is 0.497 e. The Bertz CT molecular complexity index is 991. The van der Waals surface area contributed by atoms with E-state index in [0.29, 0.717) is 0 Å². The highest BCUT2D eigenvalue weighted by atomic mass is 16.5. The molecule has 0 aliphatic rings. The highest BCUT2D eigenvalue weighted by Crippen LogP contribution is 2.36. The van der Waals surface area contributed by atoms with E-state index in [2.05, 4.69) is 59.2 Å². The number of hydrogen-bond donors (Lipinski definition) is 2. The van der Waals surface area contributed by atoms with Crippen LogP contribution in [0.3, 0.4) is 0 Å². The molecule has 162 valence electrons. The van der Waals surface area contributed by atoms with Crippen molar-refractivity contribution in [3.05, 3.63) is 120 Å². The Labute approximate surface area is 189 Å². The minimum Gasteiger partial charge on any atom is -0.497 e. The van der Waals surface area contributed by atoms with Crippen molar-refractivity contribution < 1.29 is 9.47 Å². The van der Waals surface area contributed by atoms with Gasteiger partial charge in [-0.2, -0.15) is 0 Å². The average molecular weight is 425 g/mol. The number of nitrogens with one attached hydrogen (secondary N) is 2. The van der Waals surface area contributed by atoms with Crippen LogP contribution in [0.1, 0.15) is 23.2 Å². The molecule has 0 spiro atoms. The summed E-state index contributed by atoms with van der Waals surface area (Å²) in [5, 5.41) is 7.49. The van der Waals surface area contributed by atoms with Gasteiger partial charge in [0, 0.05) is 11.4 Å². The summed E-state index contributed by atoms with van der Waals surface area (Å²) in [7, 11) is 3.37. The molecule has 2 N–H and O–H groups in total. The molecule has 2 atom stereocenters. The SMILES string of the molecule is COc1ccc(C(Nc2ccccc2)C(Nc2ccccc2)c2ccc(OC)cc2)cc1. The first-order chi connectivity index (χ1) is 15.8. The van der Waals surface area contributed by atoms with Crippen LogP contribution in [0, 0.1) is 0 Å². The molecule has 4 aromatic carbocycles. The quantitative estimate of drug-likeness (QED) is 0.313. The van der Waals surface area contributed by atoms with E-state index in [4.69, 9.17) is 9.47 Å². The molecular formula is C28H28N2O2. The predicted octanol–water partition coefficient (Wildman–Crippen LogP) is 6.71. The summed E-state index contributed by atoms with van der Waals surface area (Å²) in [5.74, 6) is 1.67. The van der Waals surface area contributed by atoms with Crippen LogP contribution in [-0.4, -0.2) is 14.2 Å². The first-order valence-corrected chi connectivity index (χ1v) is 10.7. The number of para-hydroxylation sites is 2. The van der Waals surface area contributed by atoms with Crippen molar-refractivity contribution >= 4 is 11.4 Å². The van der Waals surface area contributed by atoms with E-state index in [9.17, 15) is 0 Å². The third kappa shape index (κ3) is 5.22. The Morgan fingerprint density at radius 1 is 0.469 bits per heavy atom. The maximum atomic E-state index is 5.38. The van der Waals surface area contributed by atoms with Crippen molar-refractivity contribution in [1.82, 2.24) is 0 Å². The molecule has 0 aliphatic carbocycles. The molecule has 4 rings (SSSR count). The normalized spacial score (nSPS) is 12.4.